The molecule has 102 valence electrons. The first-order valence-electron chi connectivity index (χ1n) is 5.94. The number of carboxylic acids is 1. The van der Waals surface area contributed by atoms with E-state index in [1.807, 2.05) is 26.8 Å². The average molecular weight is 262 g/mol. The predicted molar refractivity (Wildman–Crippen MR) is 71.7 cm³/mol. The van der Waals surface area contributed by atoms with Crippen molar-refractivity contribution in [3.8, 4) is 6.07 Å². The Morgan fingerprint density at radius 3 is 2.74 bits per heavy atom. The Labute approximate surface area is 112 Å². The van der Waals surface area contributed by atoms with Crippen molar-refractivity contribution in [2.45, 2.75) is 26.8 Å². The van der Waals surface area contributed by atoms with Gasteiger partial charge in [-0.15, -0.1) is 0 Å². The van der Waals surface area contributed by atoms with Gasteiger partial charge in [0.25, 0.3) is 0 Å². The van der Waals surface area contributed by atoms with Gasteiger partial charge in [-0.3, -0.25) is 0 Å². The maximum Gasteiger partial charge on any atom is 0.346 e. The summed E-state index contributed by atoms with van der Waals surface area (Å²) in [5, 5.41) is 17.7. The summed E-state index contributed by atoms with van der Waals surface area (Å²) in [4.78, 5) is 10.9. The molecule has 1 aromatic rings. The first-order valence-corrected chi connectivity index (χ1v) is 5.94. The third-order valence-electron chi connectivity index (χ3n) is 3.02. The second kappa shape index (κ2) is 6.21. The molecule has 0 aliphatic heterocycles. The normalized spacial score (nSPS) is 13.1. The highest BCUT2D eigenvalue weighted by Gasteiger charge is 2.15. The van der Waals surface area contributed by atoms with Crippen LogP contribution in [0.15, 0.2) is 11.6 Å². The third-order valence-corrected chi connectivity index (χ3v) is 3.02. The summed E-state index contributed by atoms with van der Waals surface area (Å²) < 4.78 is 7.21. The molecule has 0 unspecified atom stereocenters. The van der Waals surface area contributed by atoms with Crippen molar-refractivity contribution in [1.82, 2.24) is 4.57 Å². The lowest BCUT2D eigenvalue weighted by atomic mass is 10.1. The molecule has 1 rings (SSSR count). The zero-order valence-corrected chi connectivity index (χ0v) is 11.6. The van der Waals surface area contributed by atoms with Crippen LogP contribution in [-0.2, 0) is 9.53 Å². The van der Waals surface area contributed by atoms with Crippen LogP contribution in [-0.4, -0.2) is 29.4 Å². The molecule has 0 spiro atoms. The highest BCUT2D eigenvalue weighted by molar-refractivity contribution is 5.96. The number of carboxylic acid groups (broad SMARTS) is 1. The average Bonchev–Trinajstić information content (AvgIpc) is 2.61. The Bertz CT molecular complexity index is 550. The van der Waals surface area contributed by atoms with Crippen molar-refractivity contribution in [2.75, 3.05) is 13.7 Å². The number of nitriles is 1. The van der Waals surface area contributed by atoms with Crippen molar-refractivity contribution < 1.29 is 14.6 Å². The Balaban J connectivity index is 3.24. The van der Waals surface area contributed by atoms with Crippen LogP contribution in [0.1, 0.15) is 29.9 Å². The number of carbonyl (C=O) groups is 1. The lowest BCUT2D eigenvalue weighted by Gasteiger charge is -2.17. The summed E-state index contributed by atoms with van der Waals surface area (Å²) in [5.74, 6) is -1.21. The molecule has 0 radical (unpaired) electrons. The van der Waals surface area contributed by atoms with Gasteiger partial charge in [0, 0.05) is 18.5 Å². The fraction of sp³-hybridized carbons (Fsp3) is 0.429. The number of aromatic nitrogens is 1. The molecule has 0 bridgehead atoms. The Morgan fingerprint density at radius 1 is 1.63 bits per heavy atom. The molecule has 0 saturated carbocycles. The maximum atomic E-state index is 10.9. The van der Waals surface area contributed by atoms with Gasteiger partial charge in [-0.2, -0.15) is 5.26 Å². The third kappa shape index (κ3) is 3.24. The largest absolute Gasteiger partial charge is 0.477 e. The summed E-state index contributed by atoms with van der Waals surface area (Å²) in [6.07, 6.45) is 1.40. The second-order valence-corrected chi connectivity index (χ2v) is 4.48. The highest BCUT2D eigenvalue weighted by Crippen LogP contribution is 2.22. The van der Waals surface area contributed by atoms with E-state index in [9.17, 15) is 4.79 Å². The number of nitrogens with zero attached hydrogens (tertiary/aromatic N) is 2. The van der Waals surface area contributed by atoms with Gasteiger partial charge >= 0.3 is 5.97 Å². The van der Waals surface area contributed by atoms with Crippen LogP contribution in [0.5, 0.6) is 0 Å². The van der Waals surface area contributed by atoms with Crippen LogP contribution in [0.4, 0.5) is 0 Å². The number of methoxy groups -OCH3 is 1. The first kappa shape index (κ1) is 15.0. The van der Waals surface area contributed by atoms with Gasteiger partial charge in [0.05, 0.1) is 12.6 Å². The molecular weight excluding hydrogens is 244 g/mol. The predicted octanol–water partition coefficient (Wildman–Crippen LogP) is 2.30. The molecule has 0 aliphatic rings. The number of aliphatic carboxylic acids is 1. The summed E-state index contributed by atoms with van der Waals surface area (Å²) in [5.41, 5.74) is 2.42. The minimum Gasteiger partial charge on any atom is -0.477 e. The van der Waals surface area contributed by atoms with E-state index in [0.717, 1.165) is 17.0 Å². The first-order chi connectivity index (χ1) is 8.92. The molecule has 0 saturated heterocycles. The standard InChI is InChI=1S/C14H18N2O3/c1-9-5-12(6-13(7-15)14(17)18)11(3)16(9)10(2)8-19-4/h5-6,10H,8H2,1-4H3,(H,17,18)/b13-6+/t10-/m1/s1. The summed E-state index contributed by atoms with van der Waals surface area (Å²) in [6.45, 7) is 6.45. The second-order valence-electron chi connectivity index (χ2n) is 4.48. The molecule has 0 fully saturated rings. The van der Waals surface area contributed by atoms with Gasteiger partial charge in [0.2, 0.25) is 0 Å². The number of hydrogen-bond acceptors (Lipinski definition) is 3. The zero-order chi connectivity index (χ0) is 14.6. The zero-order valence-electron chi connectivity index (χ0n) is 11.6. The van der Waals surface area contributed by atoms with Gasteiger partial charge in [-0.05, 0) is 38.5 Å². The molecule has 19 heavy (non-hydrogen) atoms. The van der Waals surface area contributed by atoms with E-state index in [1.165, 1.54) is 6.08 Å². The molecule has 1 N–H and O–H groups in total. The highest BCUT2D eigenvalue weighted by atomic mass is 16.5. The Morgan fingerprint density at radius 2 is 2.26 bits per heavy atom. The fourth-order valence-corrected chi connectivity index (χ4v) is 2.24. The quantitative estimate of drug-likeness (QED) is 0.652. The van der Waals surface area contributed by atoms with Crippen LogP contribution < -0.4 is 0 Å². The van der Waals surface area contributed by atoms with E-state index in [-0.39, 0.29) is 11.6 Å². The van der Waals surface area contributed by atoms with Gasteiger partial charge in [-0.25, -0.2) is 4.79 Å². The number of ether oxygens (including phenoxy) is 1. The minimum atomic E-state index is -1.21. The Kier molecular flexibility index (Phi) is 4.90. The molecule has 1 atom stereocenters. The SMILES string of the molecule is COC[C@@H](C)n1c(C)cc(/C=C(\C#N)C(=O)O)c1C. The van der Waals surface area contributed by atoms with Gasteiger partial charge in [0.1, 0.15) is 11.6 Å². The van der Waals surface area contributed by atoms with Crippen LogP contribution in [0.2, 0.25) is 0 Å². The monoisotopic (exact) mass is 262 g/mol. The van der Waals surface area contributed by atoms with E-state index in [2.05, 4.69) is 4.57 Å². The lowest BCUT2D eigenvalue weighted by Crippen LogP contribution is -2.13. The van der Waals surface area contributed by atoms with E-state index in [4.69, 9.17) is 15.1 Å². The van der Waals surface area contributed by atoms with Crippen LogP contribution in [0.3, 0.4) is 0 Å². The van der Waals surface area contributed by atoms with Crippen LogP contribution >= 0.6 is 0 Å². The van der Waals surface area contributed by atoms with E-state index in [0.29, 0.717) is 6.61 Å². The lowest BCUT2D eigenvalue weighted by molar-refractivity contribution is -0.132. The number of rotatable bonds is 5. The van der Waals surface area contributed by atoms with Crippen molar-refractivity contribution >= 4 is 12.0 Å². The molecule has 0 aromatic carbocycles. The van der Waals surface area contributed by atoms with E-state index in [1.54, 1.807) is 13.2 Å². The molecule has 0 aliphatic carbocycles. The fourth-order valence-electron chi connectivity index (χ4n) is 2.24. The van der Waals surface area contributed by atoms with Crippen molar-refractivity contribution in [1.29, 1.82) is 5.26 Å². The van der Waals surface area contributed by atoms with Crippen molar-refractivity contribution in [2.24, 2.45) is 0 Å². The minimum absolute atomic E-state index is 0.155. The van der Waals surface area contributed by atoms with Crippen molar-refractivity contribution in [3.05, 3.63) is 28.6 Å². The molecule has 1 aromatic heterocycles. The van der Waals surface area contributed by atoms with Gasteiger partial charge in [0.15, 0.2) is 0 Å². The van der Waals surface area contributed by atoms with Gasteiger partial charge < -0.3 is 14.4 Å². The Hall–Kier alpha value is -2.06. The summed E-state index contributed by atoms with van der Waals surface area (Å²) in [6, 6.07) is 3.72. The summed E-state index contributed by atoms with van der Waals surface area (Å²) >= 11 is 0. The molecule has 1 heterocycles. The van der Waals surface area contributed by atoms with E-state index >= 15 is 0 Å². The maximum absolute atomic E-state index is 10.9. The molecule has 0 amide bonds. The number of hydrogen-bond donors (Lipinski definition) is 1. The van der Waals surface area contributed by atoms with E-state index < -0.39 is 5.97 Å². The van der Waals surface area contributed by atoms with Crippen LogP contribution in [0, 0.1) is 25.2 Å². The van der Waals surface area contributed by atoms with Crippen LogP contribution in [0.25, 0.3) is 6.08 Å². The van der Waals surface area contributed by atoms with Crippen molar-refractivity contribution in [3.63, 3.8) is 0 Å². The molecule has 5 heteroatoms. The summed E-state index contributed by atoms with van der Waals surface area (Å²) in [7, 11) is 1.64. The number of aryl methyl sites for hydroxylation is 1. The smallest absolute Gasteiger partial charge is 0.346 e. The molecular formula is C14H18N2O3. The topological polar surface area (TPSA) is 75.2 Å². The molecule has 5 nitrogen and oxygen atoms in total. The van der Waals surface area contributed by atoms with Gasteiger partial charge in [-0.1, -0.05) is 0 Å².